The van der Waals surface area contributed by atoms with Crippen LogP contribution in [0.2, 0.25) is 0 Å². The quantitative estimate of drug-likeness (QED) is 0.833. The lowest BCUT2D eigenvalue weighted by Gasteiger charge is -2.21. The number of hydrogen-bond donors (Lipinski definition) is 1. The SMILES string of the molecule is CC(C)(C)OC(=O)CNC(c1cccs1)C1CC1. The van der Waals surface area contributed by atoms with Gasteiger partial charge in [-0.2, -0.15) is 0 Å². The van der Waals surface area contributed by atoms with Crippen molar-refractivity contribution in [1.29, 1.82) is 0 Å². The molecule has 0 spiro atoms. The molecule has 0 aliphatic heterocycles. The molecule has 1 unspecified atom stereocenters. The minimum Gasteiger partial charge on any atom is -0.459 e. The van der Waals surface area contributed by atoms with Crippen LogP contribution in [0.1, 0.15) is 44.5 Å². The molecule has 0 amide bonds. The first-order chi connectivity index (χ1) is 8.46. The summed E-state index contributed by atoms with van der Waals surface area (Å²) in [7, 11) is 0. The largest absolute Gasteiger partial charge is 0.459 e. The molecule has 1 aromatic rings. The van der Waals surface area contributed by atoms with Gasteiger partial charge in [-0.25, -0.2) is 0 Å². The fourth-order valence-corrected chi connectivity index (χ4v) is 2.86. The highest BCUT2D eigenvalue weighted by Crippen LogP contribution is 2.42. The fourth-order valence-electron chi connectivity index (χ4n) is 1.97. The van der Waals surface area contributed by atoms with Gasteiger partial charge in [0.15, 0.2) is 0 Å². The second-order valence-electron chi connectivity index (χ2n) is 5.80. The van der Waals surface area contributed by atoms with Gasteiger partial charge < -0.3 is 4.74 Å². The Morgan fingerprint density at radius 3 is 2.78 bits per heavy atom. The van der Waals surface area contributed by atoms with Crippen molar-refractivity contribution >= 4 is 17.3 Å². The number of nitrogens with one attached hydrogen (secondary N) is 1. The van der Waals surface area contributed by atoms with E-state index in [1.54, 1.807) is 11.3 Å². The maximum Gasteiger partial charge on any atom is 0.320 e. The zero-order chi connectivity index (χ0) is 13.2. The van der Waals surface area contributed by atoms with Crippen LogP contribution >= 0.6 is 11.3 Å². The maximum absolute atomic E-state index is 11.7. The van der Waals surface area contributed by atoms with Gasteiger partial charge in [0, 0.05) is 10.9 Å². The smallest absolute Gasteiger partial charge is 0.320 e. The summed E-state index contributed by atoms with van der Waals surface area (Å²) in [5.41, 5.74) is -0.406. The Kier molecular flexibility index (Phi) is 4.07. The van der Waals surface area contributed by atoms with E-state index in [2.05, 4.69) is 22.8 Å². The van der Waals surface area contributed by atoms with E-state index in [-0.39, 0.29) is 12.5 Å². The Hall–Kier alpha value is -0.870. The van der Waals surface area contributed by atoms with Crippen LogP contribution in [0.25, 0.3) is 0 Å². The van der Waals surface area contributed by atoms with Gasteiger partial charge in [-0.05, 0) is 51.0 Å². The van der Waals surface area contributed by atoms with Gasteiger partial charge in [0.1, 0.15) is 5.60 Å². The molecule has 2 rings (SSSR count). The molecule has 0 aromatic carbocycles. The van der Waals surface area contributed by atoms with Gasteiger partial charge in [0.05, 0.1) is 6.54 Å². The third-order valence-electron chi connectivity index (χ3n) is 2.83. The number of thiophene rings is 1. The third kappa shape index (κ3) is 4.10. The second kappa shape index (κ2) is 5.41. The van der Waals surface area contributed by atoms with Gasteiger partial charge in [0.2, 0.25) is 0 Å². The summed E-state index contributed by atoms with van der Waals surface area (Å²) in [4.78, 5) is 13.0. The molecule has 0 radical (unpaired) electrons. The molecular weight excluding hydrogens is 246 g/mol. The number of hydrogen-bond acceptors (Lipinski definition) is 4. The summed E-state index contributed by atoms with van der Waals surface area (Å²) in [5, 5.41) is 5.43. The van der Waals surface area contributed by atoms with Gasteiger partial charge in [-0.15, -0.1) is 11.3 Å². The Morgan fingerprint density at radius 1 is 1.56 bits per heavy atom. The molecule has 1 N–H and O–H groups in total. The van der Waals surface area contributed by atoms with Crippen LogP contribution in [0.5, 0.6) is 0 Å². The van der Waals surface area contributed by atoms with Crippen LogP contribution in [0.3, 0.4) is 0 Å². The molecule has 0 bridgehead atoms. The van der Waals surface area contributed by atoms with Crippen molar-refractivity contribution in [3.8, 4) is 0 Å². The molecule has 1 aromatic heterocycles. The van der Waals surface area contributed by atoms with Crippen molar-refractivity contribution in [2.24, 2.45) is 5.92 Å². The van der Waals surface area contributed by atoms with Gasteiger partial charge >= 0.3 is 5.97 Å². The molecule has 1 heterocycles. The third-order valence-corrected chi connectivity index (χ3v) is 3.78. The van der Waals surface area contributed by atoms with E-state index >= 15 is 0 Å². The maximum atomic E-state index is 11.7. The molecule has 4 heteroatoms. The van der Waals surface area contributed by atoms with E-state index in [4.69, 9.17) is 4.74 Å². The van der Waals surface area contributed by atoms with Crippen molar-refractivity contribution < 1.29 is 9.53 Å². The normalized spacial score (nSPS) is 17.5. The first kappa shape index (κ1) is 13.6. The number of carbonyl (C=O) groups excluding carboxylic acids is 1. The van der Waals surface area contributed by atoms with Crippen LogP contribution in [0, 0.1) is 5.92 Å². The number of rotatable bonds is 5. The average molecular weight is 267 g/mol. The number of esters is 1. The summed E-state index contributed by atoms with van der Waals surface area (Å²) in [6.45, 7) is 5.96. The average Bonchev–Trinajstić information content (AvgIpc) is 2.91. The van der Waals surface area contributed by atoms with Crippen LogP contribution < -0.4 is 5.32 Å². The van der Waals surface area contributed by atoms with Crippen molar-refractivity contribution in [2.75, 3.05) is 6.54 Å². The first-order valence-electron chi connectivity index (χ1n) is 6.44. The summed E-state index contributed by atoms with van der Waals surface area (Å²) in [5.74, 6) is 0.510. The first-order valence-corrected chi connectivity index (χ1v) is 7.32. The van der Waals surface area contributed by atoms with Crippen molar-refractivity contribution in [3.63, 3.8) is 0 Å². The molecule has 18 heavy (non-hydrogen) atoms. The minimum atomic E-state index is -0.406. The molecule has 100 valence electrons. The molecule has 1 saturated carbocycles. The second-order valence-corrected chi connectivity index (χ2v) is 6.78. The Morgan fingerprint density at radius 2 is 2.28 bits per heavy atom. The Labute approximate surface area is 113 Å². The lowest BCUT2D eigenvalue weighted by Crippen LogP contribution is -2.33. The summed E-state index contributed by atoms with van der Waals surface area (Å²) in [6.07, 6.45) is 2.51. The lowest BCUT2D eigenvalue weighted by atomic mass is 10.1. The molecular formula is C14H21NO2S. The van der Waals surface area contributed by atoms with Gasteiger partial charge in [-0.3, -0.25) is 10.1 Å². The van der Waals surface area contributed by atoms with E-state index in [1.165, 1.54) is 17.7 Å². The molecule has 1 fully saturated rings. The van der Waals surface area contributed by atoms with Crippen molar-refractivity contribution in [1.82, 2.24) is 5.32 Å². The summed E-state index contributed by atoms with van der Waals surface area (Å²) < 4.78 is 5.31. The molecule has 1 aliphatic rings. The highest BCUT2D eigenvalue weighted by molar-refractivity contribution is 7.10. The zero-order valence-corrected chi connectivity index (χ0v) is 12.0. The van der Waals surface area contributed by atoms with Gasteiger partial charge in [-0.1, -0.05) is 6.07 Å². The topological polar surface area (TPSA) is 38.3 Å². The Bertz CT molecular complexity index is 390. The number of carbonyl (C=O) groups is 1. The molecule has 3 nitrogen and oxygen atoms in total. The predicted molar refractivity (Wildman–Crippen MR) is 73.6 cm³/mol. The van der Waals surface area contributed by atoms with Crippen LogP contribution in [0.4, 0.5) is 0 Å². The Balaban J connectivity index is 1.85. The molecule has 0 saturated heterocycles. The van der Waals surface area contributed by atoms with Crippen molar-refractivity contribution in [2.45, 2.75) is 45.3 Å². The number of ether oxygens (including phenoxy) is 1. The van der Waals surface area contributed by atoms with E-state index in [9.17, 15) is 4.79 Å². The van der Waals surface area contributed by atoms with Crippen molar-refractivity contribution in [3.05, 3.63) is 22.4 Å². The molecule has 1 aliphatic carbocycles. The summed E-state index contributed by atoms with van der Waals surface area (Å²) in [6, 6.07) is 4.51. The van der Waals surface area contributed by atoms with E-state index in [0.717, 1.165) is 0 Å². The predicted octanol–water partition coefficient (Wildman–Crippen LogP) is 3.13. The highest BCUT2D eigenvalue weighted by Gasteiger charge is 2.33. The van der Waals surface area contributed by atoms with E-state index in [0.29, 0.717) is 12.0 Å². The highest BCUT2D eigenvalue weighted by atomic mass is 32.1. The minimum absolute atomic E-state index is 0.176. The van der Waals surface area contributed by atoms with Crippen LogP contribution in [0.15, 0.2) is 17.5 Å². The zero-order valence-electron chi connectivity index (χ0n) is 11.2. The van der Waals surface area contributed by atoms with E-state index in [1.807, 2.05) is 20.8 Å². The fraction of sp³-hybridized carbons (Fsp3) is 0.643. The molecule has 1 atom stereocenters. The lowest BCUT2D eigenvalue weighted by molar-refractivity contribution is -0.153. The van der Waals surface area contributed by atoms with Gasteiger partial charge in [0.25, 0.3) is 0 Å². The summed E-state index contributed by atoms with van der Waals surface area (Å²) >= 11 is 1.75. The standard InChI is InChI=1S/C14H21NO2S/c1-14(2,3)17-12(16)9-15-13(10-6-7-10)11-5-4-8-18-11/h4-5,8,10,13,15H,6-7,9H2,1-3H3. The van der Waals surface area contributed by atoms with Crippen LogP contribution in [-0.2, 0) is 9.53 Å². The van der Waals surface area contributed by atoms with Crippen LogP contribution in [-0.4, -0.2) is 18.1 Å². The van der Waals surface area contributed by atoms with E-state index < -0.39 is 5.60 Å². The monoisotopic (exact) mass is 267 g/mol.